The first-order valence-corrected chi connectivity index (χ1v) is 8.62. The van der Waals surface area contributed by atoms with Crippen molar-refractivity contribution in [1.82, 2.24) is 10.1 Å². The fourth-order valence-electron chi connectivity index (χ4n) is 3.24. The average molecular weight is 334 g/mol. The van der Waals surface area contributed by atoms with Crippen molar-refractivity contribution in [3.8, 4) is 0 Å². The molecular weight excluding hydrogens is 314 g/mol. The molecule has 1 aromatic carbocycles. The van der Waals surface area contributed by atoms with Gasteiger partial charge >= 0.3 is 0 Å². The number of anilines is 1. The average Bonchev–Trinajstić information content (AvgIpc) is 3.04. The van der Waals surface area contributed by atoms with Crippen LogP contribution >= 0.6 is 11.6 Å². The Kier molecular flexibility index (Phi) is 3.99. The Bertz CT molecular complexity index is 661. The van der Waals surface area contributed by atoms with Crippen LogP contribution in [0.1, 0.15) is 56.3 Å². The van der Waals surface area contributed by atoms with Crippen molar-refractivity contribution in [2.24, 2.45) is 0 Å². The minimum absolute atomic E-state index is 0.0438. The van der Waals surface area contributed by atoms with Crippen molar-refractivity contribution < 1.29 is 9.26 Å². The number of hydrogen-bond donors (Lipinski definition) is 1. The van der Waals surface area contributed by atoms with E-state index in [0.717, 1.165) is 61.7 Å². The van der Waals surface area contributed by atoms with Crippen LogP contribution in [0, 0.1) is 0 Å². The van der Waals surface area contributed by atoms with Crippen molar-refractivity contribution in [3.05, 3.63) is 41.0 Å². The van der Waals surface area contributed by atoms with Gasteiger partial charge in [0.05, 0.1) is 0 Å². The summed E-state index contributed by atoms with van der Waals surface area (Å²) < 4.78 is 11.2. The predicted molar refractivity (Wildman–Crippen MR) is 87.4 cm³/mol. The van der Waals surface area contributed by atoms with Gasteiger partial charge < -0.3 is 14.6 Å². The summed E-state index contributed by atoms with van der Waals surface area (Å²) in [6, 6.07) is 7.73. The zero-order valence-electron chi connectivity index (χ0n) is 12.9. The highest BCUT2D eigenvalue weighted by atomic mass is 35.5. The van der Waals surface area contributed by atoms with Crippen molar-refractivity contribution in [2.75, 3.05) is 11.9 Å². The quantitative estimate of drug-likeness (QED) is 0.895. The molecular formula is C17H20ClN3O2. The molecule has 0 amide bonds. The fourth-order valence-corrected chi connectivity index (χ4v) is 3.37. The van der Waals surface area contributed by atoms with Gasteiger partial charge in [-0.15, -0.1) is 0 Å². The van der Waals surface area contributed by atoms with E-state index in [1.54, 1.807) is 0 Å². The molecule has 1 aliphatic carbocycles. The molecule has 122 valence electrons. The minimum Gasteiger partial charge on any atom is -0.372 e. The van der Waals surface area contributed by atoms with Crippen molar-refractivity contribution in [3.63, 3.8) is 0 Å². The van der Waals surface area contributed by atoms with Crippen LogP contribution in [0.4, 0.5) is 5.69 Å². The molecule has 0 radical (unpaired) electrons. The standard InChI is InChI=1S/C17H20ClN3O2/c18-12-5-7-13(8-6-12)20-17(9-3-10-17)16-19-15(23-21-16)14-4-1-2-11-22-14/h5-8,14,20H,1-4,9-11H2/t14-/m0/s1. The number of aromatic nitrogens is 2. The highest BCUT2D eigenvalue weighted by molar-refractivity contribution is 6.30. The molecule has 1 aliphatic heterocycles. The lowest BCUT2D eigenvalue weighted by Gasteiger charge is -2.40. The molecule has 1 atom stereocenters. The number of nitrogens with one attached hydrogen (secondary N) is 1. The van der Waals surface area contributed by atoms with E-state index in [-0.39, 0.29) is 11.6 Å². The lowest BCUT2D eigenvalue weighted by atomic mass is 9.76. The van der Waals surface area contributed by atoms with E-state index in [9.17, 15) is 0 Å². The number of rotatable bonds is 4. The SMILES string of the molecule is Clc1ccc(NC2(c3noc([C@@H]4CCCCO4)n3)CCC2)cc1. The van der Waals surface area contributed by atoms with Crippen molar-refractivity contribution >= 4 is 17.3 Å². The molecule has 0 unspecified atom stereocenters. The normalized spacial score (nSPS) is 23.3. The first-order chi connectivity index (χ1) is 11.3. The minimum atomic E-state index is -0.232. The third-order valence-electron chi connectivity index (χ3n) is 4.76. The molecule has 1 saturated heterocycles. The monoisotopic (exact) mass is 333 g/mol. The van der Waals surface area contributed by atoms with Crippen LogP contribution in [0.15, 0.2) is 28.8 Å². The second kappa shape index (κ2) is 6.13. The van der Waals surface area contributed by atoms with Gasteiger partial charge in [-0.25, -0.2) is 0 Å². The number of halogens is 1. The van der Waals surface area contributed by atoms with Crippen LogP contribution < -0.4 is 5.32 Å². The van der Waals surface area contributed by atoms with E-state index in [1.165, 1.54) is 0 Å². The Balaban J connectivity index is 1.54. The third kappa shape index (κ3) is 2.95. The topological polar surface area (TPSA) is 60.2 Å². The lowest BCUT2D eigenvalue weighted by molar-refractivity contribution is -0.00459. The molecule has 5 nitrogen and oxygen atoms in total. The van der Waals surface area contributed by atoms with Crippen LogP contribution in [0.5, 0.6) is 0 Å². The molecule has 2 aliphatic rings. The second-order valence-electron chi connectivity index (χ2n) is 6.38. The number of benzene rings is 1. The Morgan fingerprint density at radius 3 is 2.61 bits per heavy atom. The van der Waals surface area contributed by atoms with Crippen LogP contribution in [0.3, 0.4) is 0 Å². The zero-order chi connectivity index (χ0) is 15.7. The van der Waals surface area contributed by atoms with Crippen LogP contribution in [0.2, 0.25) is 5.02 Å². The lowest BCUT2D eigenvalue weighted by Crippen LogP contribution is -2.43. The van der Waals surface area contributed by atoms with Gasteiger partial charge in [0.25, 0.3) is 5.89 Å². The zero-order valence-corrected chi connectivity index (χ0v) is 13.7. The van der Waals surface area contributed by atoms with Crippen LogP contribution in [-0.2, 0) is 10.3 Å². The van der Waals surface area contributed by atoms with Crippen molar-refractivity contribution in [1.29, 1.82) is 0 Å². The largest absolute Gasteiger partial charge is 0.372 e. The van der Waals surface area contributed by atoms with E-state index < -0.39 is 0 Å². The molecule has 2 aromatic rings. The van der Waals surface area contributed by atoms with E-state index in [0.29, 0.717) is 5.89 Å². The summed E-state index contributed by atoms with van der Waals surface area (Å²) in [5.41, 5.74) is 0.791. The smallest absolute Gasteiger partial charge is 0.255 e. The van der Waals surface area contributed by atoms with Gasteiger partial charge in [-0.05, 0) is 62.8 Å². The van der Waals surface area contributed by atoms with Crippen molar-refractivity contribution in [2.45, 2.75) is 50.2 Å². The maximum Gasteiger partial charge on any atom is 0.255 e. The van der Waals surface area contributed by atoms with Gasteiger partial charge in [0.1, 0.15) is 11.6 Å². The first-order valence-electron chi connectivity index (χ1n) is 8.25. The summed E-state index contributed by atoms with van der Waals surface area (Å²) in [6.07, 6.45) is 6.33. The molecule has 1 saturated carbocycles. The molecule has 0 bridgehead atoms. The van der Waals surface area contributed by atoms with Gasteiger partial charge in [0, 0.05) is 17.3 Å². The molecule has 6 heteroatoms. The summed E-state index contributed by atoms with van der Waals surface area (Å²) in [5.74, 6) is 1.35. The first kappa shape index (κ1) is 15.0. The molecule has 0 spiro atoms. The van der Waals surface area contributed by atoms with E-state index >= 15 is 0 Å². The summed E-state index contributed by atoms with van der Waals surface area (Å²) in [7, 11) is 0. The Morgan fingerprint density at radius 2 is 1.96 bits per heavy atom. The van der Waals surface area contributed by atoms with Crippen LogP contribution in [0.25, 0.3) is 0 Å². The number of hydrogen-bond acceptors (Lipinski definition) is 5. The van der Waals surface area contributed by atoms with E-state index in [2.05, 4.69) is 15.5 Å². The highest BCUT2D eigenvalue weighted by Crippen LogP contribution is 2.43. The van der Waals surface area contributed by atoms with Gasteiger partial charge in [-0.2, -0.15) is 4.98 Å². The highest BCUT2D eigenvalue weighted by Gasteiger charge is 2.43. The Morgan fingerprint density at radius 1 is 1.13 bits per heavy atom. The maximum absolute atomic E-state index is 5.96. The van der Waals surface area contributed by atoms with Gasteiger partial charge in [-0.1, -0.05) is 16.8 Å². The third-order valence-corrected chi connectivity index (χ3v) is 5.01. The molecule has 2 heterocycles. The van der Waals surface area contributed by atoms with Gasteiger partial charge in [0.15, 0.2) is 5.82 Å². The summed E-state index contributed by atoms with van der Waals surface area (Å²) in [6.45, 7) is 0.774. The van der Waals surface area contributed by atoms with E-state index in [1.807, 2.05) is 24.3 Å². The van der Waals surface area contributed by atoms with Gasteiger partial charge in [-0.3, -0.25) is 0 Å². The number of nitrogens with zero attached hydrogens (tertiary/aromatic N) is 2. The molecule has 1 N–H and O–H groups in total. The van der Waals surface area contributed by atoms with Gasteiger partial charge in [0.2, 0.25) is 0 Å². The second-order valence-corrected chi connectivity index (χ2v) is 6.82. The molecule has 23 heavy (non-hydrogen) atoms. The summed E-state index contributed by atoms with van der Waals surface area (Å²) in [5, 5.41) is 8.54. The molecule has 2 fully saturated rings. The molecule has 4 rings (SSSR count). The number of ether oxygens (including phenoxy) is 1. The Labute approximate surface area is 140 Å². The maximum atomic E-state index is 5.96. The Hall–Kier alpha value is -1.59. The van der Waals surface area contributed by atoms with Crippen LogP contribution in [-0.4, -0.2) is 16.7 Å². The predicted octanol–water partition coefficient (Wildman–Crippen LogP) is 4.46. The summed E-state index contributed by atoms with van der Waals surface area (Å²) in [4.78, 5) is 4.65. The fraction of sp³-hybridized carbons (Fsp3) is 0.529. The summed E-state index contributed by atoms with van der Waals surface area (Å²) >= 11 is 5.96. The van der Waals surface area contributed by atoms with E-state index in [4.69, 9.17) is 20.9 Å². The molecule has 1 aromatic heterocycles.